The van der Waals surface area contributed by atoms with Crippen molar-refractivity contribution in [1.29, 1.82) is 0 Å². The van der Waals surface area contributed by atoms with E-state index in [4.69, 9.17) is 21.4 Å². The molecule has 1 fully saturated rings. The lowest BCUT2D eigenvalue weighted by Gasteiger charge is -2.18. The Hall–Kier alpha value is 0.140. The van der Waals surface area contributed by atoms with Crippen molar-refractivity contribution < 1.29 is 14.2 Å². The Morgan fingerprint density at radius 3 is 2.45 bits per heavy atom. The van der Waals surface area contributed by atoms with Crippen LogP contribution in [-0.4, -0.2) is 22.6 Å². The van der Waals surface area contributed by atoms with Crippen LogP contribution < -0.4 is 0 Å². The van der Waals surface area contributed by atoms with E-state index >= 15 is 0 Å². The molecule has 2 nitrogen and oxygen atoms in total. The van der Waals surface area contributed by atoms with Crippen LogP contribution in [0.1, 0.15) is 20.3 Å². The maximum absolute atomic E-state index is 13.2. The molecule has 0 radical (unpaired) electrons. The van der Waals surface area contributed by atoms with Crippen LogP contribution in [0.15, 0.2) is 0 Å². The molecule has 1 rings (SSSR count). The first-order valence-electron chi connectivity index (χ1n) is 3.71. The molecule has 66 valence electrons. The summed E-state index contributed by atoms with van der Waals surface area (Å²) in [6.07, 6.45) is -1.09. The predicted octanol–water partition coefficient (Wildman–Crippen LogP) is 1.65. The van der Waals surface area contributed by atoms with Crippen LogP contribution in [0.4, 0.5) is 4.39 Å². The third-order valence-corrected chi connectivity index (χ3v) is 2.73. The fourth-order valence-corrected chi connectivity index (χ4v) is 1.49. The van der Waals surface area contributed by atoms with Crippen molar-refractivity contribution in [2.75, 3.05) is 0 Å². The largest absolute Gasteiger partial charge is 0.364 e. The number of alkyl halides is 2. The highest BCUT2D eigenvalue weighted by atomic mass is 35.5. The van der Waals surface area contributed by atoms with Gasteiger partial charge in [-0.15, -0.1) is 0 Å². The molecule has 0 aromatic heterocycles. The van der Waals surface area contributed by atoms with Crippen molar-refractivity contribution in [3.05, 3.63) is 0 Å². The molecule has 0 spiro atoms. The van der Waals surface area contributed by atoms with Crippen LogP contribution in [0.5, 0.6) is 0 Å². The van der Waals surface area contributed by atoms with Gasteiger partial charge in [0.2, 0.25) is 11.4 Å². The standard InChI is InChI=1S/C7H12ClFO2/c1-3-5-4(2)7(8,9)6(10)11-5/h4-6,10H,3H2,1-2H3/t4?,5-,6?,7?/m1/s1. The SMILES string of the molecule is CC[C@H]1OC(O)C(F)(Cl)C1C. The van der Waals surface area contributed by atoms with Crippen LogP contribution in [0.2, 0.25) is 0 Å². The second kappa shape index (κ2) is 2.88. The maximum Gasteiger partial charge on any atom is 0.238 e. The third kappa shape index (κ3) is 1.37. The number of halogens is 2. The van der Waals surface area contributed by atoms with Gasteiger partial charge in [0.1, 0.15) is 0 Å². The molecule has 0 saturated carbocycles. The molecule has 3 unspecified atom stereocenters. The first-order valence-corrected chi connectivity index (χ1v) is 4.09. The van der Waals surface area contributed by atoms with Gasteiger partial charge < -0.3 is 9.84 Å². The van der Waals surface area contributed by atoms with Gasteiger partial charge in [0.15, 0.2) is 0 Å². The molecule has 0 aromatic rings. The van der Waals surface area contributed by atoms with E-state index in [9.17, 15) is 4.39 Å². The number of ether oxygens (including phenoxy) is 1. The molecule has 11 heavy (non-hydrogen) atoms. The normalized spacial score (nSPS) is 51.5. The van der Waals surface area contributed by atoms with Crippen molar-refractivity contribution in [3.63, 3.8) is 0 Å². The van der Waals surface area contributed by atoms with Crippen molar-refractivity contribution in [2.45, 2.75) is 37.8 Å². The van der Waals surface area contributed by atoms with Crippen LogP contribution in [0.25, 0.3) is 0 Å². The Labute approximate surface area is 70.3 Å². The van der Waals surface area contributed by atoms with E-state index in [1.54, 1.807) is 6.92 Å². The fourth-order valence-electron chi connectivity index (χ4n) is 1.30. The zero-order valence-corrected chi connectivity index (χ0v) is 7.31. The molecule has 0 aromatic carbocycles. The molecular weight excluding hydrogens is 171 g/mol. The zero-order chi connectivity index (χ0) is 8.65. The van der Waals surface area contributed by atoms with Crippen molar-refractivity contribution in [3.8, 4) is 0 Å². The molecule has 1 aliphatic rings. The molecular formula is C7H12ClFO2. The molecule has 0 aliphatic carbocycles. The van der Waals surface area contributed by atoms with Crippen molar-refractivity contribution in [1.82, 2.24) is 0 Å². The summed E-state index contributed by atoms with van der Waals surface area (Å²) < 4.78 is 18.1. The summed E-state index contributed by atoms with van der Waals surface area (Å²) >= 11 is 5.40. The Balaban J connectivity index is 2.71. The summed E-state index contributed by atoms with van der Waals surface area (Å²) in [6, 6.07) is 0. The smallest absolute Gasteiger partial charge is 0.238 e. The Morgan fingerprint density at radius 2 is 2.27 bits per heavy atom. The third-order valence-electron chi connectivity index (χ3n) is 2.20. The lowest BCUT2D eigenvalue weighted by atomic mass is 10.00. The van der Waals surface area contributed by atoms with E-state index in [-0.39, 0.29) is 6.10 Å². The van der Waals surface area contributed by atoms with Gasteiger partial charge in [-0.05, 0) is 6.42 Å². The molecule has 1 saturated heterocycles. The minimum atomic E-state index is -2.11. The topological polar surface area (TPSA) is 29.5 Å². The molecule has 4 heteroatoms. The summed E-state index contributed by atoms with van der Waals surface area (Å²) in [6.45, 7) is 3.50. The summed E-state index contributed by atoms with van der Waals surface area (Å²) in [5.41, 5.74) is 0. The van der Waals surface area contributed by atoms with Gasteiger partial charge in [-0.3, -0.25) is 0 Å². The molecule has 4 atom stereocenters. The quantitative estimate of drug-likeness (QED) is 0.625. The van der Waals surface area contributed by atoms with E-state index in [1.165, 1.54) is 0 Å². The average Bonchev–Trinajstić information content (AvgIpc) is 2.14. The van der Waals surface area contributed by atoms with Crippen LogP contribution in [0.3, 0.4) is 0 Å². The Bertz CT molecular complexity index is 151. The number of aliphatic hydroxyl groups excluding tert-OH is 1. The van der Waals surface area contributed by atoms with E-state index in [2.05, 4.69) is 0 Å². The fraction of sp³-hybridized carbons (Fsp3) is 1.00. The highest BCUT2D eigenvalue weighted by molar-refractivity contribution is 6.23. The van der Waals surface area contributed by atoms with E-state index in [0.29, 0.717) is 6.42 Å². The minimum Gasteiger partial charge on any atom is -0.364 e. The second-order valence-corrected chi connectivity index (χ2v) is 3.48. The van der Waals surface area contributed by atoms with Crippen LogP contribution >= 0.6 is 11.6 Å². The monoisotopic (exact) mass is 182 g/mol. The molecule has 0 bridgehead atoms. The summed E-state index contributed by atoms with van der Waals surface area (Å²) in [5.74, 6) is -0.454. The lowest BCUT2D eigenvalue weighted by Crippen LogP contribution is -2.32. The zero-order valence-electron chi connectivity index (χ0n) is 6.55. The minimum absolute atomic E-state index is 0.271. The number of aliphatic hydroxyl groups is 1. The predicted molar refractivity (Wildman–Crippen MR) is 40.0 cm³/mol. The number of hydrogen-bond donors (Lipinski definition) is 1. The molecule has 1 N–H and O–H groups in total. The van der Waals surface area contributed by atoms with Gasteiger partial charge in [0.05, 0.1) is 6.10 Å². The summed E-state index contributed by atoms with van der Waals surface area (Å²) in [4.78, 5) is 0. The molecule has 1 aliphatic heterocycles. The van der Waals surface area contributed by atoms with Gasteiger partial charge in [-0.2, -0.15) is 0 Å². The van der Waals surface area contributed by atoms with E-state index < -0.39 is 17.3 Å². The maximum atomic E-state index is 13.2. The molecule has 0 amide bonds. The highest BCUT2D eigenvalue weighted by Crippen LogP contribution is 2.42. The Morgan fingerprint density at radius 1 is 1.73 bits per heavy atom. The van der Waals surface area contributed by atoms with Gasteiger partial charge >= 0.3 is 0 Å². The lowest BCUT2D eigenvalue weighted by molar-refractivity contribution is -0.121. The number of hydrogen-bond acceptors (Lipinski definition) is 2. The van der Waals surface area contributed by atoms with Crippen LogP contribution in [-0.2, 0) is 4.74 Å². The van der Waals surface area contributed by atoms with Crippen LogP contribution in [0, 0.1) is 5.92 Å². The van der Waals surface area contributed by atoms with Gasteiger partial charge in [-0.1, -0.05) is 25.4 Å². The first-order chi connectivity index (χ1) is 5.00. The Kier molecular flexibility index (Phi) is 2.42. The highest BCUT2D eigenvalue weighted by Gasteiger charge is 2.53. The average molecular weight is 183 g/mol. The van der Waals surface area contributed by atoms with Crippen molar-refractivity contribution >= 4 is 11.6 Å². The summed E-state index contributed by atoms with van der Waals surface area (Å²) in [5, 5.41) is 6.89. The van der Waals surface area contributed by atoms with Crippen molar-refractivity contribution in [2.24, 2.45) is 5.92 Å². The first kappa shape index (κ1) is 9.23. The van der Waals surface area contributed by atoms with E-state index in [1.807, 2.05) is 6.92 Å². The van der Waals surface area contributed by atoms with Gasteiger partial charge in [-0.25, -0.2) is 4.39 Å². The second-order valence-electron chi connectivity index (χ2n) is 2.90. The van der Waals surface area contributed by atoms with Gasteiger partial charge in [0, 0.05) is 5.92 Å². The van der Waals surface area contributed by atoms with E-state index in [0.717, 1.165) is 0 Å². The van der Waals surface area contributed by atoms with Gasteiger partial charge in [0.25, 0.3) is 0 Å². The summed E-state index contributed by atoms with van der Waals surface area (Å²) in [7, 11) is 0. The molecule has 1 heterocycles. The number of rotatable bonds is 1.